The molecule has 1 aromatic heterocycles. The van der Waals surface area contributed by atoms with Gasteiger partial charge in [0.15, 0.2) is 0 Å². The van der Waals surface area contributed by atoms with Gasteiger partial charge in [0.05, 0.1) is 0 Å². The van der Waals surface area contributed by atoms with E-state index in [2.05, 4.69) is 37.6 Å². The van der Waals surface area contributed by atoms with Gasteiger partial charge >= 0.3 is 0 Å². The first-order valence-corrected chi connectivity index (χ1v) is 9.20. The molecule has 138 valence electrons. The van der Waals surface area contributed by atoms with E-state index in [-0.39, 0.29) is 5.82 Å². The molecule has 0 aliphatic carbocycles. The molecule has 2 N–H and O–H groups in total. The lowest BCUT2D eigenvalue weighted by molar-refractivity contribution is 0.613. The summed E-state index contributed by atoms with van der Waals surface area (Å²) >= 11 is 0. The highest BCUT2D eigenvalue weighted by molar-refractivity contribution is 5.60. The lowest BCUT2D eigenvalue weighted by atomic mass is 10.2. The van der Waals surface area contributed by atoms with Gasteiger partial charge in [-0.25, -0.2) is 9.37 Å². The predicted molar refractivity (Wildman–Crippen MR) is 107 cm³/mol. The second kappa shape index (κ2) is 8.03. The Kier molecular flexibility index (Phi) is 5.14. The van der Waals surface area contributed by atoms with E-state index in [0.29, 0.717) is 23.9 Å². The fourth-order valence-electron chi connectivity index (χ4n) is 3.20. The molecular formula is C21H22FN5. The van der Waals surface area contributed by atoms with E-state index in [1.807, 2.05) is 18.2 Å². The van der Waals surface area contributed by atoms with E-state index in [1.165, 1.54) is 24.6 Å². The molecule has 0 atom stereocenters. The molecular weight excluding hydrogens is 341 g/mol. The Bertz CT molecular complexity index is 891. The first kappa shape index (κ1) is 17.3. The summed E-state index contributed by atoms with van der Waals surface area (Å²) in [7, 11) is 0. The van der Waals surface area contributed by atoms with Crippen LogP contribution in [0, 0.1) is 5.82 Å². The highest BCUT2D eigenvalue weighted by atomic mass is 19.1. The van der Waals surface area contributed by atoms with Crippen LogP contribution in [0.4, 0.5) is 27.5 Å². The number of anilines is 4. The zero-order valence-corrected chi connectivity index (χ0v) is 15.0. The Balaban J connectivity index is 1.39. The van der Waals surface area contributed by atoms with Gasteiger partial charge in [-0.2, -0.15) is 4.98 Å². The Morgan fingerprint density at radius 1 is 0.963 bits per heavy atom. The number of rotatable bonds is 6. The molecule has 27 heavy (non-hydrogen) atoms. The van der Waals surface area contributed by atoms with Gasteiger partial charge < -0.3 is 15.5 Å². The molecule has 2 aromatic carbocycles. The van der Waals surface area contributed by atoms with Crippen LogP contribution in [0.5, 0.6) is 0 Å². The molecule has 3 aromatic rings. The SMILES string of the molecule is Fc1ccccc1CNc1ccnc(Nc2ccc(N3CCCC3)cc2)n1. The molecule has 1 aliphatic rings. The van der Waals surface area contributed by atoms with Crippen molar-refractivity contribution in [1.29, 1.82) is 0 Å². The van der Waals surface area contributed by atoms with Gasteiger partial charge in [0.25, 0.3) is 0 Å². The lowest BCUT2D eigenvalue weighted by Crippen LogP contribution is -2.17. The van der Waals surface area contributed by atoms with Gasteiger partial charge in [0, 0.05) is 42.8 Å². The van der Waals surface area contributed by atoms with Gasteiger partial charge in [0.2, 0.25) is 5.95 Å². The topological polar surface area (TPSA) is 53.1 Å². The van der Waals surface area contributed by atoms with Crippen molar-refractivity contribution >= 4 is 23.1 Å². The van der Waals surface area contributed by atoms with Gasteiger partial charge in [-0.3, -0.25) is 0 Å². The zero-order valence-electron chi connectivity index (χ0n) is 15.0. The summed E-state index contributed by atoms with van der Waals surface area (Å²) in [6.07, 6.45) is 4.21. The molecule has 2 heterocycles. The van der Waals surface area contributed by atoms with Gasteiger partial charge in [-0.05, 0) is 49.2 Å². The van der Waals surface area contributed by atoms with Crippen molar-refractivity contribution in [3.8, 4) is 0 Å². The third kappa shape index (κ3) is 4.34. The maximum Gasteiger partial charge on any atom is 0.229 e. The summed E-state index contributed by atoms with van der Waals surface area (Å²) in [5, 5.41) is 6.35. The van der Waals surface area contributed by atoms with Crippen LogP contribution < -0.4 is 15.5 Å². The Morgan fingerprint density at radius 3 is 2.52 bits per heavy atom. The van der Waals surface area contributed by atoms with Crippen LogP contribution in [-0.2, 0) is 6.54 Å². The van der Waals surface area contributed by atoms with Crippen molar-refractivity contribution in [2.24, 2.45) is 0 Å². The molecule has 0 bridgehead atoms. The Morgan fingerprint density at radius 2 is 1.74 bits per heavy atom. The molecule has 0 amide bonds. The fraction of sp³-hybridized carbons (Fsp3) is 0.238. The summed E-state index contributed by atoms with van der Waals surface area (Å²) in [6.45, 7) is 2.63. The predicted octanol–water partition coefficient (Wildman–Crippen LogP) is 4.57. The zero-order chi connectivity index (χ0) is 18.5. The van der Waals surface area contributed by atoms with Crippen molar-refractivity contribution in [3.05, 3.63) is 72.2 Å². The van der Waals surface area contributed by atoms with Crippen molar-refractivity contribution in [1.82, 2.24) is 9.97 Å². The molecule has 0 radical (unpaired) electrons. The van der Waals surface area contributed by atoms with Crippen LogP contribution >= 0.6 is 0 Å². The normalized spacial score (nSPS) is 13.6. The minimum Gasteiger partial charge on any atom is -0.372 e. The summed E-state index contributed by atoms with van der Waals surface area (Å²) in [5.41, 5.74) is 2.78. The van der Waals surface area contributed by atoms with Crippen molar-refractivity contribution < 1.29 is 4.39 Å². The molecule has 0 unspecified atom stereocenters. The molecule has 0 saturated carbocycles. The average Bonchev–Trinajstić information content (AvgIpc) is 3.23. The highest BCUT2D eigenvalue weighted by Crippen LogP contribution is 2.23. The van der Waals surface area contributed by atoms with E-state index < -0.39 is 0 Å². The molecule has 1 fully saturated rings. The van der Waals surface area contributed by atoms with Crippen LogP contribution in [0.1, 0.15) is 18.4 Å². The van der Waals surface area contributed by atoms with E-state index in [0.717, 1.165) is 18.8 Å². The molecule has 0 spiro atoms. The molecule has 1 aliphatic heterocycles. The summed E-state index contributed by atoms with van der Waals surface area (Å²) in [6, 6.07) is 16.8. The smallest absolute Gasteiger partial charge is 0.229 e. The molecule has 5 nitrogen and oxygen atoms in total. The second-order valence-corrected chi connectivity index (χ2v) is 6.58. The summed E-state index contributed by atoms with van der Waals surface area (Å²) < 4.78 is 13.7. The van der Waals surface area contributed by atoms with E-state index in [4.69, 9.17) is 0 Å². The van der Waals surface area contributed by atoms with Crippen LogP contribution in [0.3, 0.4) is 0 Å². The number of hydrogen-bond acceptors (Lipinski definition) is 5. The quantitative estimate of drug-likeness (QED) is 0.672. The standard InChI is InChI=1S/C21H22FN5/c22-19-6-2-1-5-16(19)15-24-20-11-12-23-21(26-20)25-17-7-9-18(10-8-17)27-13-3-4-14-27/h1-2,5-12H,3-4,13-15H2,(H2,23,24,25,26). The number of hydrogen-bond donors (Lipinski definition) is 2. The summed E-state index contributed by atoms with van der Waals surface area (Å²) in [4.78, 5) is 11.1. The van der Waals surface area contributed by atoms with Gasteiger partial charge in [0.1, 0.15) is 11.6 Å². The largest absolute Gasteiger partial charge is 0.372 e. The van der Waals surface area contributed by atoms with Crippen molar-refractivity contribution in [3.63, 3.8) is 0 Å². The maximum atomic E-state index is 13.7. The van der Waals surface area contributed by atoms with Crippen molar-refractivity contribution in [2.75, 3.05) is 28.6 Å². The average molecular weight is 363 g/mol. The summed E-state index contributed by atoms with van der Waals surface area (Å²) in [5.74, 6) is 0.919. The van der Waals surface area contributed by atoms with Crippen LogP contribution in [0.25, 0.3) is 0 Å². The minimum absolute atomic E-state index is 0.226. The van der Waals surface area contributed by atoms with Crippen molar-refractivity contribution in [2.45, 2.75) is 19.4 Å². The number of aromatic nitrogens is 2. The first-order valence-electron chi connectivity index (χ1n) is 9.20. The number of halogens is 1. The Hall–Kier alpha value is -3.15. The second-order valence-electron chi connectivity index (χ2n) is 6.58. The lowest BCUT2D eigenvalue weighted by Gasteiger charge is -2.17. The fourth-order valence-corrected chi connectivity index (χ4v) is 3.20. The number of nitrogens with one attached hydrogen (secondary N) is 2. The van der Waals surface area contributed by atoms with Gasteiger partial charge in [-0.15, -0.1) is 0 Å². The van der Waals surface area contributed by atoms with E-state index in [1.54, 1.807) is 24.4 Å². The van der Waals surface area contributed by atoms with E-state index in [9.17, 15) is 4.39 Å². The Labute approximate surface area is 158 Å². The van der Waals surface area contributed by atoms with Gasteiger partial charge in [-0.1, -0.05) is 18.2 Å². The number of benzene rings is 2. The third-order valence-corrected chi connectivity index (χ3v) is 4.67. The third-order valence-electron chi connectivity index (χ3n) is 4.67. The maximum absolute atomic E-state index is 13.7. The molecule has 1 saturated heterocycles. The first-order chi connectivity index (χ1) is 13.3. The van der Waals surface area contributed by atoms with E-state index >= 15 is 0 Å². The number of nitrogens with zero attached hydrogens (tertiary/aromatic N) is 3. The van der Waals surface area contributed by atoms with Crippen LogP contribution in [0.15, 0.2) is 60.8 Å². The highest BCUT2D eigenvalue weighted by Gasteiger charge is 2.12. The van der Waals surface area contributed by atoms with Crippen LogP contribution in [0.2, 0.25) is 0 Å². The molecule has 6 heteroatoms. The minimum atomic E-state index is -0.226. The van der Waals surface area contributed by atoms with Crippen LogP contribution in [-0.4, -0.2) is 23.1 Å². The monoisotopic (exact) mass is 363 g/mol. The molecule has 4 rings (SSSR count).